The fourth-order valence-electron chi connectivity index (χ4n) is 2.52. The van der Waals surface area contributed by atoms with Gasteiger partial charge in [0.2, 0.25) is 0 Å². The molecule has 0 bridgehead atoms. The predicted octanol–water partition coefficient (Wildman–Crippen LogP) is 3.85. The Bertz CT molecular complexity index is 632. The molecule has 1 aliphatic rings. The van der Waals surface area contributed by atoms with Crippen LogP contribution in [0.4, 0.5) is 0 Å². The first kappa shape index (κ1) is 14.4. The number of carbonyl (C=O) groups is 1. The van der Waals surface area contributed by atoms with Crippen molar-refractivity contribution < 1.29 is 4.79 Å². The first-order valence-corrected chi connectivity index (χ1v) is 8.49. The second-order valence-electron chi connectivity index (χ2n) is 5.39. The molecule has 0 aliphatic carbocycles. The van der Waals surface area contributed by atoms with Gasteiger partial charge in [0, 0.05) is 22.6 Å². The quantitative estimate of drug-likeness (QED) is 0.617. The summed E-state index contributed by atoms with van der Waals surface area (Å²) in [6, 6.07) is 15.9. The fraction of sp³-hybridized carbons (Fsp3) is 0.278. The molecule has 0 saturated carbocycles. The molecular formula is C18H19NOS. The monoisotopic (exact) mass is 297 g/mol. The summed E-state index contributed by atoms with van der Waals surface area (Å²) < 4.78 is 0. The number of benzene rings is 2. The Balaban J connectivity index is 1.77. The number of likely N-dealkylation sites (tertiary alicyclic amines) is 1. The van der Waals surface area contributed by atoms with Crippen molar-refractivity contribution in [2.24, 2.45) is 0 Å². The third-order valence-electron chi connectivity index (χ3n) is 3.90. The van der Waals surface area contributed by atoms with E-state index < -0.39 is 0 Å². The number of hydrogen-bond donors (Lipinski definition) is 0. The van der Waals surface area contributed by atoms with E-state index in [0.29, 0.717) is 0 Å². The summed E-state index contributed by atoms with van der Waals surface area (Å²) in [6.07, 6.45) is 3.33. The molecule has 0 radical (unpaired) electrons. The Hall–Kier alpha value is -1.58. The molecule has 0 unspecified atom stereocenters. The predicted molar refractivity (Wildman–Crippen MR) is 88.0 cm³/mol. The van der Waals surface area contributed by atoms with Crippen molar-refractivity contribution in [3.05, 3.63) is 65.2 Å². The molecule has 2 aromatic carbocycles. The summed E-state index contributed by atoms with van der Waals surface area (Å²) in [4.78, 5) is 16.1. The lowest BCUT2D eigenvalue weighted by Gasteiger charge is -2.30. The van der Waals surface area contributed by atoms with Crippen molar-refractivity contribution in [1.29, 1.82) is 0 Å². The number of hydrogen-bond acceptors (Lipinski definition) is 3. The van der Waals surface area contributed by atoms with Crippen LogP contribution in [0.5, 0.6) is 0 Å². The second-order valence-corrected chi connectivity index (χ2v) is 6.27. The van der Waals surface area contributed by atoms with Gasteiger partial charge in [0.25, 0.3) is 0 Å². The molecule has 0 amide bonds. The Morgan fingerprint density at radius 2 is 1.86 bits per heavy atom. The van der Waals surface area contributed by atoms with Crippen LogP contribution in [0.25, 0.3) is 0 Å². The van der Waals surface area contributed by atoms with E-state index in [0.717, 1.165) is 17.7 Å². The molecule has 2 nitrogen and oxygen atoms in total. The summed E-state index contributed by atoms with van der Waals surface area (Å²) in [5.74, 6) is 0.105. The molecule has 0 aromatic heterocycles. The molecular weight excluding hydrogens is 278 g/mol. The highest BCUT2D eigenvalue weighted by atomic mass is 32.2. The largest absolute Gasteiger partial charge is 0.299 e. The van der Waals surface area contributed by atoms with Crippen LogP contribution in [0.1, 0.15) is 27.9 Å². The van der Waals surface area contributed by atoms with Gasteiger partial charge in [0.1, 0.15) is 0 Å². The van der Waals surface area contributed by atoms with Crippen LogP contribution >= 0.6 is 11.8 Å². The van der Waals surface area contributed by atoms with E-state index in [1.807, 2.05) is 48.7 Å². The van der Waals surface area contributed by atoms with Gasteiger partial charge in [-0.1, -0.05) is 18.2 Å². The summed E-state index contributed by atoms with van der Waals surface area (Å²) in [6.45, 7) is 3.30. The van der Waals surface area contributed by atoms with Crippen molar-refractivity contribution in [2.75, 3.05) is 19.3 Å². The molecule has 1 aliphatic heterocycles. The molecule has 0 atom stereocenters. The number of carbonyl (C=O) groups excluding carboxylic acids is 1. The second kappa shape index (κ2) is 6.46. The number of ketones is 1. The maximum absolute atomic E-state index is 12.5. The van der Waals surface area contributed by atoms with Crippen LogP contribution < -0.4 is 0 Å². The maximum Gasteiger partial charge on any atom is 0.193 e. The zero-order chi connectivity index (χ0) is 14.7. The standard InChI is InChI=1S/C18H19NOS/c1-21-17-8-6-15(7-9-17)18(20)16-5-2-4-14(12-16)13-19-10-3-11-19/h2,4-9,12H,3,10-11,13H2,1H3. The smallest absolute Gasteiger partial charge is 0.193 e. The topological polar surface area (TPSA) is 20.3 Å². The Kier molecular flexibility index (Phi) is 4.42. The summed E-state index contributed by atoms with van der Waals surface area (Å²) in [5.41, 5.74) is 2.76. The van der Waals surface area contributed by atoms with Gasteiger partial charge in [-0.15, -0.1) is 11.8 Å². The van der Waals surface area contributed by atoms with Crippen molar-refractivity contribution in [1.82, 2.24) is 4.90 Å². The highest BCUT2D eigenvalue weighted by Gasteiger charge is 2.15. The lowest BCUT2D eigenvalue weighted by Crippen LogP contribution is -2.36. The molecule has 3 heteroatoms. The van der Waals surface area contributed by atoms with Gasteiger partial charge in [-0.25, -0.2) is 0 Å². The van der Waals surface area contributed by atoms with E-state index in [1.54, 1.807) is 11.8 Å². The molecule has 21 heavy (non-hydrogen) atoms. The minimum atomic E-state index is 0.105. The van der Waals surface area contributed by atoms with E-state index in [4.69, 9.17) is 0 Å². The minimum absolute atomic E-state index is 0.105. The molecule has 1 heterocycles. The Morgan fingerprint density at radius 1 is 1.10 bits per heavy atom. The van der Waals surface area contributed by atoms with E-state index in [-0.39, 0.29) is 5.78 Å². The van der Waals surface area contributed by atoms with Gasteiger partial charge in [-0.05, 0) is 61.7 Å². The minimum Gasteiger partial charge on any atom is -0.299 e. The van der Waals surface area contributed by atoms with Crippen LogP contribution in [-0.4, -0.2) is 30.0 Å². The Morgan fingerprint density at radius 3 is 2.48 bits per heavy atom. The number of nitrogens with zero attached hydrogens (tertiary/aromatic N) is 1. The van der Waals surface area contributed by atoms with Crippen LogP contribution in [-0.2, 0) is 6.54 Å². The first-order valence-electron chi connectivity index (χ1n) is 7.26. The third-order valence-corrected chi connectivity index (χ3v) is 4.64. The lowest BCUT2D eigenvalue weighted by molar-refractivity contribution is 0.103. The Labute approximate surface area is 130 Å². The average Bonchev–Trinajstić information content (AvgIpc) is 2.51. The van der Waals surface area contributed by atoms with Crippen LogP contribution in [0.15, 0.2) is 53.4 Å². The summed E-state index contributed by atoms with van der Waals surface area (Å²) >= 11 is 1.69. The van der Waals surface area contributed by atoms with Gasteiger partial charge in [-0.2, -0.15) is 0 Å². The summed E-state index contributed by atoms with van der Waals surface area (Å²) in [7, 11) is 0. The average molecular weight is 297 g/mol. The lowest BCUT2D eigenvalue weighted by atomic mass is 10.0. The van der Waals surface area contributed by atoms with Crippen molar-refractivity contribution >= 4 is 17.5 Å². The van der Waals surface area contributed by atoms with Gasteiger partial charge in [0.05, 0.1) is 0 Å². The summed E-state index contributed by atoms with van der Waals surface area (Å²) in [5, 5.41) is 0. The molecule has 0 N–H and O–H groups in total. The normalized spacial score (nSPS) is 14.7. The third kappa shape index (κ3) is 3.36. The van der Waals surface area contributed by atoms with Gasteiger partial charge >= 0.3 is 0 Å². The van der Waals surface area contributed by atoms with Gasteiger partial charge in [-0.3, -0.25) is 9.69 Å². The SMILES string of the molecule is CSc1ccc(C(=O)c2cccc(CN3CCC3)c2)cc1. The highest BCUT2D eigenvalue weighted by molar-refractivity contribution is 7.98. The first-order chi connectivity index (χ1) is 10.3. The molecule has 0 spiro atoms. The van der Waals surface area contributed by atoms with E-state index in [2.05, 4.69) is 11.0 Å². The van der Waals surface area contributed by atoms with Crippen molar-refractivity contribution in [3.8, 4) is 0 Å². The van der Waals surface area contributed by atoms with Crippen LogP contribution in [0.2, 0.25) is 0 Å². The fourth-order valence-corrected chi connectivity index (χ4v) is 2.93. The molecule has 3 rings (SSSR count). The zero-order valence-corrected chi connectivity index (χ0v) is 13.0. The molecule has 2 aromatic rings. The van der Waals surface area contributed by atoms with Crippen molar-refractivity contribution in [3.63, 3.8) is 0 Å². The number of thioether (sulfide) groups is 1. The van der Waals surface area contributed by atoms with Crippen LogP contribution in [0.3, 0.4) is 0 Å². The molecule has 1 saturated heterocycles. The van der Waals surface area contributed by atoms with E-state index in [1.165, 1.54) is 30.0 Å². The zero-order valence-electron chi connectivity index (χ0n) is 12.2. The van der Waals surface area contributed by atoms with E-state index >= 15 is 0 Å². The van der Waals surface area contributed by atoms with E-state index in [9.17, 15) is 4.79 Å². The van der Waals surface area contributed by atoms with Crippen LogP contribution in [0, 0.1) is 0 Å². The highest BCUT2D eigenvalue weighted by Crippen LogP contribution is 2.19. The van der Waals surface area contributed by atoms with Gasteiger partial charge < -0.3 is 0 Å². The van der Waals surface area contributed by atoms with Gasteiger partial charge in [0.15, 0.2) is 5.78 Å². The maximum atomic E-state index is 12.5. The van der Waals surface area contributed by atoms with Crippen molar-refractivity contribution in [2.45, 2.75) is 17.9 Å². The molecule has 108 valence electrons. The number of rotatable bonds is 5. The molecule has 1 fully saturated rings.